The predicted octanol–water partition coefficient (Wildman–Crippen LogP) is 4.07. The summed E-state index contributed by atoms with van der Waals surface area (Å²) in [5.74, 6) is -0.337. The van der Waals surface area contributed by atoms with Crippen molar-refractivity contribution in [2.75, 3.05) is 0 Å². The predicted molar refractivity (Wildman–Crippen MR) is 118 cm³/mol. The van der Waals surface area contributed by atoms with Crippen molar-refractivity contribution in [1.82, 2.24) is 0 Å². The molecule has 0 radical (unpaired) electrons. The summed E-state index contributed by atoms with van der Waals surface area (Å²) < 4.78 is 1.71. The van der Waals surface area contributed by atoms with Crippen molar-refractivity contribution < 1.29 is 14.3 Å². The number of ketones is 1. The number of aromatic nitrogens is 1. The molecule has 152 valence electrons. The van der Waals surface area contributed by atoms with Gasteiger partial charge in [0.1, 0.15) is 0 Å². The number of nitrogens with zero attached hydrogens (tertiary/aromatic N) is 3. The molecule has 0 fully saturated rings. The number of nitro groups is 1. The van der Waals surface area contributed by atoms with Gasteiger partial charge in [0.05, 0.1) is 11.5 Å². The van der Waals surface area contributed by atoms with Gasteiger partial charge >= 0.3 is 0 Å². The maximum Gasteiger partial charge on any atom is 0.273 e. The van der Waals surface area contributed by atoms with Crippen molar-refractivity contribution in [2.45, 2.75) is 26.4 Å². The summed E-state index contributed by atoms with van der Waals surface area (Å²) in [6.45, 7) is 3.90. The van der Waals surface area contributed by atoms with E-state index in [1.165, 1.54) is 6.07 Å². The molecule has 30 heavy (non-hydrogen) atoms. The largest absolute Gasteiger partial charge is 0.758 e. The Morgan fingerprint density at radius 2 is 1.87 bits per heavy atom. The lowest BCUT2D eigenvalue weighted by molar-refractivity contribution is -0.692. The van der Waals surface area contributed by atoms with Crippen molar-refractivity contribution in [3.05, 3.63) is 105 Å². The first-order valence-corrected chi connectivity index (χ1v) is 9.79. The van der Waals surface area contributed by atoms with Gasteiger partial charge in [-0.1, -0.05) is 42.5 Å². The van der Waals surface area contributed by atoms with Crippen LogP contribution >= 0.6 is 0 Å². The molecule has 1 atom stereocenters. The van der Waals surface area contributed by atoms with E-state index >= 15 is 0 Å². The van der Waals surface area contributed by atoms with Crippen molar-refractivity contribution in [1.29, 1.82) is 0 Å². The second kappa shape index (κ2) is 9.37. The number of benzene rings is 2. The average Bonchev–Trinajstić information content (AvgIpc) is 2.73. The first-order valence-electron chi connectivity index (χ1n) is 9.39. The highest BCUT2D eigenvalue weighted by atomic mass is 32.1. The molecule has 0 aliphatic heterocycles. The lowest BCUT2D eigenvalue weighted by Crippen LogP contribution is -2.48. The molecule has 7 heteroatoms. The maximum atomic E-state index is 13.4. The fourth-order valence-corrected chi connectivity index (χ4v) is 3.40. The van der Waals surface area contributed by atoms with E-state index in [1.807, 2.05) is 55.6 Å². The molecule has 0 aliphatic rings. The van der Waals surface area contributed by atoms with Crippen molar-refractivity contribution >= 4 is 29.1 Å². The van der Waals surface area contributed by atoms with Crippen LogP contribution in [-0.2, 0) is 19.2 Å². The highest BCUT2D eigenvalue weighted by molar-refractivity contribution is 7.77. The topological polar surface area (TPSA) is 76.5 Å². The van der Waals surface area contributed by atoms with Crippen LogP contribution in [0.3, 0.4) is 0 Å². The number of aryl methyl sites for hydroxylation is 2. The number of Topliss-reactive ketones (excluding diaryl/α,β-unsaturated/α-hetero) is 1. The van der Waals surface area contributed by atoms with E-state index in [4.69, 9.17) is 12.6 Å². The Bertz CT molecular complexity index is 1110. The molecule has 0 aliphatic carbocycles. The highest BCUT2D eigenvalue weighted by Crippen LogP contribution is 2.22. The van der Waals surface area contributed by atoms with E-state index in [2.05, 4.69) is 4.99 Å². The molecule has 0 saturated heterocycles. The van der Waals surface area contributed by atoms with Crippen LogP contribution in [0.25, 0.3) is 0 Å². The minimum Gasteiger partial charge on any atom is -0.758 e. The molecule has 0 unspecified atom stereocenters. The molecule has 0 bridgehead atoms. The summed E-state index contributed by atoms with van der Waals surface area (Å²) in [5.41, 5.74) is 2.56. The number of nitro benzene ring substituents is 1. The van der Waals surface area contributed by atoms with Crippen molar-refractivity contribution in [2.24, 2.45) is 4.99 Å². The normalized spacial score (nSPS) is 12.4. The number of pyridine rings is 1. The third-order valence-corrected chi connectivity index (χ3v) is 5.05. The first kappa shape index (κ1) is 21.3. The van der Waals surface area contributed by atoms with Gasteiger partial charge in [0.15, 0.2) is 12.4 Å². The zero-order chi connectivity index (χ0) is 21.7. The Morgan fingerprint density at radius 3 is 2.53 bits per heavy atom. The fraction of sp³-hybridized carbons (Fsp3) is 0.174. The van der Waals surface area contributed by atoms with Crippen molar-refractivity contribution in [3.8, 4) is 0 Å². The van der Waals surface area contributed by atoms with Gasteiger partial charge in [0.2, 0.25) is 11.8 Å². The lowest BCUT2D eigenvalue weighted by Gasteiger charge is -2.19. The van der Waals surface area contributed by atoms with E-state index in [0.29, 0.717) is 12.1 Å². The van der Waals surface area contributed by atoms with E-state index < -0.39 is 11.0 Å². The van der Waals surface area contributed by atoms with Gasteiger partial charge in [0, 0.05) is 28.8 Å². The summed E-state index contributed by atoms with van der Waals surface area (Å²) in [6, 6.07) is 17.0. The quantitative estimate of drug-likeness (QED) is 0.110. The minimum atomic E-state index is -0.870. The van der Waals surface area contributed by atoms with Crippen LogP contribution in [0.15, 0.2) is 78.0 Å². The van der Waals surface area contributed by atoms with Crippen LogP contribution in [0.4, 0.5) is 5.69 Å². The maximum absolute atomic E-state index is 13.4. The average molecular weight is 420 g/mol. The minimum absolute atomic E-state index is 0.0963. The van der Waals surface area contributed by atoms with Crippen LogP contribution in [0, 0.1) is 24.0 Å². The fourth-order valence-electron chi connectivity index (χ4n) is 3.11. The Morgan fingerprint density at radius 1 is 1.13 bits per heavy atom. The number of aliphatic imine (C=N–C) groups is 1. The third-order valence-electron chi connectivity index (χ3n) is 4.70. The van der Waals surface area contributed by atoms with E-state index in [-0.39, 0.29) is 22.1 Å². The number of carbonyl (C=O) groups excluding carboxylic acids is 1. The van der Waals surface area contributed by atoms with Crippen LogP contribution < -0.4 is 4.57 Å². The van der Waals surface area contributed by atoms with Gasteiger partial charge in [-0.2, -0.15) is 4.57 Å². The van der Waals surface area contributed by atoms with Gasteiger partial charge in [-0.15, -0.1) is 0 Å². The molecule has 1 heterocycles. The molecule has 1 aromatic heterocycles. The molecule has 2 aromatic carbocycles. The van der Waals surface area contributed by atoms with Crippen LogP contribution in [0.5, 0.6) is 0 Å². The molecule has 3 aromatic rings. The molecule has 3 rings (SSSR count). The SMILES string of the molecule is Cc1ccc[n+]([C@H](C(=O)c2ccc(C)c([N+](=O)[O-])c2)C([S-])=NCc2ccccc2)c1. The summed E-state index contributed by atoms with van der Waals surface area (Å²) in [7, 11) is 0. The smallest absolute Gasteiger partial charge is 0.273 e. The number of rotatable bonds is 7. The second-order valence-corrected chi connectivity index (χ2v) is 7.41. The van der Waals surface area contributed by atoms with Crippen LogP contribution in [0.1, 0.15) is 33.1 Å². The summed E-state index contributed by atoms with van der Waals surface area (Å²) >= 11 is 5.54. The van der Waals surface area contributed by atoms with Gasteiger partial charge in [-0.3, -0.25) is 14.9 Å². The second-order valence-electron chi connectivity index (χ2n) is 6.99. The van der Waals surface area contributed by atoms with Gasteiger partial charge in [-0.05, 0) is 30.5 Å². The molecule has 0 N–H and O–H groups in total. The number of carbonyl (C=O) groups is 1. The van der Waals surface area contributed by atoms with Gasteiger partial charge < -0.3 is 17.6 Å². The Balaban J connectivity index is 2.02. The Kier molecular flexibility index (Phi) is 6.64. The van der Waals surface area contributed by atoms with E-state index in [9.17, 15) is 14.9 Å². The van der Waals surface area contributed by atoms with Gasteiger partial charge in [-0.25, -0.2) is 0 Å². The molecule has 0 spiro atoms. The monoisotopic (exact) mass is 419 g/mol. The lowest BCUT2D eigenvalue weighted by atomic mass is 10.0. The summed E-state index contributed by atoms with van der Waals surface area (Å²) in [4.78, 5) is 28.7. The molecule has 0 saturated carbocycles. The van der Waals surface area contributed by atoms with Crippen LogP contribution in [0.2, 0.25) is 0 Å². The van der Waals surface area contributed by atoms with Crippen LogP contribution in [-0.4, -0.2) is 15.8 Å². The zero-order valence-corrected chi connectivity index (χ0v) is 17.5. The summed E-state index contributed by atoms with van der Waals surface area (Å²) in [5, 5.41) is 11.5. The molecular formula is C23H21N3O3S. The molecular weight excluding hydrogens is 398 g/mol. The Hall–Kier alpha value is -3.45. The van der Waals surface area contributed by atoms with Gasteiger partial charge in [0.25, 0.3) is 5.69 Å². The summed E-state index contributed by atoms with van der Waals surface area (Å²) in [6.07, 6.45) is 3.57. The van der Waals surface area contributed by atoms with E-state index in [1.54, 1.807) is 29.8 Å². The number of hydrogen-bond acceptors (Lipinski definition) is 5. The van der Waals surface area contributed by atoms with Crippen molar-refractivity contribution in [3.63, 3.8) is 0 Å². The highest BCUT2D eigenvalue weighted by Gasteiger charge is 2.29. The third kappa shape index (κ3) is 4.93. The number of hydrogen-bond donors (Lipinski definition) is 0. The Labute approximate surface area is 180 Å². The zero-order valence-electron chi connectivity index (χ0n) is 16.7. The van der Waals surface area contributed by atoms with E-state index in [0.717, 1.165) is 11.1 Å². The molecule has 0 amide bonds. The molecule has 6 nitrogen and oxygen atoms in total. The standard InChI is InChI=1S/C23H21N3O3S/c1-16-7-6-12-25(15-16)21(23(30)24-14-18-8-4-3-5-9-18)22(27)19-11-10-17(2)20(13-19)26(28)29/h3-13,15,21H,14H2,1-2H3/t21-/m1/s1. The first-order chi connectivity index (χ1) is 14.4.